The van der Waals surface area contributed by atoms with Crippen LogP contribution in [0.2, 0.25) is 0 Å². The molecule has 1 aromatic carbocycles. The molecule has 0 unspecified atom stereocenters. The zero-order valence-corrected chi connectivity index (χ0v) is 14.0. The fourth-order valence-electron chi connectivity index (χ4n) is 2.97. The van der Waals surface area contributed by atoms with E-state index in [2.05, 4.69) is 0 Å². The summed E-state index contributed by atoms with van der Waals surface area (Å²) in [5.74, 6) is -1.22. The molecule has 0 bridgehead atoms. The zero-order valence-electron chi connectivity index (χ0n) is 13.2. The van der Waals surface area contributed by atoms with E-state index in [-0.39, 0.29) is 12.4 Å². The van der Waals surface area contributed by atoms with Crippen molar-refractivity contribution in [3.05, 3.63) is 35.4 Å². The van der Waals surface area contributed by atoms with Crippen molar-refractivity contribution in [1.82, 2.24) is 0 Å². The first-order valence-electron chi connectivity index (χ1n) is 7.59. The van der Waals surface area contributed by atoms with Crippen LogP contribution < -0.4 is 5.73 Å². The van der Waals surface area contributed by atoms with Crippen molar-refractivity contribution >= 4 is 15.8 Å². The van der Waals surface area contributed by atoms with Gasteiger partial charge in [-0.15, -0.1) is 0 Å². The maximum atomic E-state index is 12.3. The minimum atomic E-state index is -3.43. The van der Waals surface area contributed by atoms with Crippen molar-refractivity contribution in [3.63, 3.8) is 0 Å². The van der Waals surface area contributed by atoms with Gasteiger partial charge in [0.15, 0.2) is 9.84 Å². The highest BCUT2D eigenvalue weighted by Crippen LogP contribution is 2.55. The lowest BCUT2D eigenvalue weighted by atomic mass is 10.0. The quantitative estimate of drug-likeness (QED) is 0.799. The molecule has 1 fully saturated rings. The van der Waals surface area contributed by atoms with Crippen LogP contribution in [0.25, 0.3) is 0 Å². The van der Waals surface area contributed by atoms with E-state index in [0.717, 1.165) is 17.5 Å². The Kier molecular flexibility index (Phi) is 4.63. The lowest BCUT2D eigenvalue weighted by molar-refractivity contribution is -0.145. The number of hydrogen-bond acceptors (Lipinski definition) is 5. The van der Waals surface area contributed by atoms with Gasteiger partial charge in [0.05, 0.1) is 11.9 Å². The number of benzene rings is 1. The summed E-state index contributed by atoms with van der Waals surface area (Å²) in [6.07, 6.45) is 0.896. The van der Waals surface area contributed by atoms with E-state index in [9.17, 15) is 13.2 Å². The lowest BCUT2D eigenvalue weighted by Crippen LogP contribution is -2.41. The average molecular weight is 325 g/mol. The summed E-state index contributed by atoms with van der Waals surface area (Å²) >= 11 is 0. The fraction of sp³-hybridized carbons (Fsp3) is 0.562. The Morgan fingerprint density at radius 2 is 1.82 bits per heavy atom. The predicted molar refractivity (Wildman–Crippen MR) is 85.4 cm³/mol. The van der Waals surface area contributed by atoms with Crippen molar-refractivity contribution in [2.75, 3.05) is 12.4 Å². The highest BCUT2D eigenvalue weighted by Gasteiger charge is 2.74. The molecule has 1 aliphatic rings. The Balaban J connectivity index is 2.40. The van der Waals surface area contributed by atoms with Gasteiger partial charge in [-0.3, -0.25) is 0 Å². The molecule has 0 spiro atoms. The maximum absolute atomic E-state index is 12.3. The Morgan fingerprint density at radius 1 is 1.23 bits per heavy atom. The van der Waals surface area contributed by atoms with E-state index < -0.39 is 32.5 Å². The van der Waals surface area contributed by atoms with Crippen LogP contribution in [0.1, 0.15) is 37.8 Å². The first-order chi connectivity index (χ1) is 10.3. The first-order valence-corrected chi connectivity index (χ1v) is 9.30. The highest BCUT2D eigenvalue weighted by atomic mass is 32.2. The van der Waals surface area contributed by atoms with Crippen molar-refractivity contribution in [1.29, 1.82) is 0 Å². The highest BCUT2D eigenvalue weighted by molar-refractivity contribution is 7.92. The SMILES string of the molecule is CCOC(=O)[C@@]1(N)[C@H](S(=O)(=O)CC)[C@@H]1c1ccc(CC)cc1. The summed E-state index contributed by atoms with van der Waals surface area (Å²) in [6, 6.07) is 7.59. The summed E-state index contributed by atoms with van der Waals surface area (Å²) < 4.78 is 29.6. The maximum Gasteiger partial charge on any atom is 0.328 e. The van der Waals surface area contributed by atoms with Gasteiger partial charge in [-0.05, 0) is 24.5 Å². The molecule has 0 radical (unpaired) electrons. The van der Waals surface area contributed by atoms with Crippen LogP contribution in [0.5, 0.6) is 0 Å². The molecule has 1 aliphatic carbocycles. The summed E-state index contributed by atoms with van der Waals surface area (Å²) in [5.41, 5.74) is 6.63. The number of sulfone groups is 1. The van der Waals surface area contributed by atoms with E-state index in [1.807, 2.05) is 31.2 Å². The number of carbonyl (C=O) groups is 1. The van der Waals surface area contributed by atoms with Crippen LogP contribution in [-0.2, 0) is 25.8 Å². The Hall–Kier alpha value is -1.40. The largest absolute Gasteiger partial charge is 0.465 e. The second kappa shape index (κ2) is 6.01. The number of rotatable bonds is 6. The molecule has 1 aromatic rings. The second-order valence-corrected chi connectivity index (χ2v) is 8.01. The molecule has 0 heterocycles. The normalized spacial score (nSPS) is 27.5. The zero-order chi connectivity index (χ0) is 16.5. The number of esters is 1. The minimum Gasteiger partial charge on any atom is -0.465 e. The molecule has 0 saturated heterocycles. The molecule has 122 valence electrons. The van der Waals surface area contributed by atoms with Crippen LogP contribution in [0.15, 0.2) is 24.3 Å². The third-order valence-electron chi connectivity index (χ3n) is 4.34. The molecule has 3 atom stereocenters. The van der Waals surface area contributed by atoms with Crippen molar-refractivity contribution in [2.24, 2.45) is 5.73 Å². The second-order valence-electron chi connectivity index (χ2n) is 5.60. The van der Waals surface area contributed by atoms with Gasteiger partial charge < -0.3 is 10.5 Å². The van der Waals surface area contributed by atoms with E-state index >= 15 is 0 Å². The van der Waals surface area contributed by atoms with Crippen LogP contribution in [0.3, 0.4) is 0 Å². The molecule has 1 saturated carbocycles. The molecule has 2 rings (SSSR count). The molecule has 2 N–H and O–H groups in total. The van der Waals surface area contributed by atoms with Crippen LogP contribution in [0, 0.1) is 0 Å². The summed E-state index contributed by atoms with van der Waals surface area (Å²) in [6.45, 7) is 5.47. The molecular formula is C16H23NO4S. The van der Waals surface area contributed by atoms with E-state index in [4.69, 9.17) is 10.5 Å². The Morgan fingerprint density at radius 3 is 2.27 bits per heavy atom. The van der Waals surface area contributed by atoms with Crippen molar-refractivity contribution in [3.8, 4) is 0 Å². The molecule has 0 aromatic heterocycles. The van der Waals surface area contributed by atoms with Crippen LogP contribution in [-0.4, -0.2) is 37.5 Å². The third kappa shape index (κ3) is 2.65. The van der Waals surface area contributed by atoms with Crippen LogP contribution >= 0.6 is 0 Å². The van der Waals surface area contributed by atoms with Gasteiger partial charge in [0.25, 0.3) is 0 Å². The van der Waals surface area contributed by atoms with Gasteiger partial charge in [-0.1, -0.05) is 38.1 Å². The number of hydrogen-bond donors (Lipinski definition) is 1. The average Bonchev–Trinajstić information content (AvgIpc) is 3.16. The summed E-state index contributed by atoms with van der Waals surface area (Å²) in [7, 11) is -3.43. The first kappa shape index (κ1) is 17.0. The van der Waals surface area contributed by atoms with Gasteiger partial charge in [0.2, 0.25) is 0 Å². The van der Waals surface area contributed by atoms with E-state index in [1.165, 1.54) is 0 Å². The van der Waals surface area contributed by atoms with Gasteiger partial charge in [0, 0.05) is 11.7 Å². The molecule has 22 heavy (non-hydrogen) atoms. The van der Waals surface area contributed by atoms with Gasteiger partial charge in [-0.2, -0.15) is 0 Å². The number of nitrogens with two attached hydrogens (primary N) is 1. The monoisotopic (exact) mass is 325 g/mol. The van der Waals surface area contributed by atoms with Gasteiger partial charge in [0.1, 0.15) is 5.54 Å². The van der Waals surface area contributed by atoms with E-state index in [0.29, 0.717) is 0 Å². The molecule has 6 heteroatoms. The smallest absolute Gasteiger partial charge is 0.328 e. The molecule has 0 aliphatic heterocycles. The number of ether oxygens (including phenoxy) is 1. The van der Waals surface area contributed by atoms with Crippen LogP contribution in [0.4, 0.5) is 0 Å². The molecule has 0 amide bonds. The Labute approximate surface area is 131 Å². The molecule has 5 nitrogen and oxygen atoms in total. The third-order valence-corrected chi connectivity index (χ3v) is 6.59. The lowest BCUT2D eigenvalue weighted by Gasteiger charge is -2.11. The minimum absolute atomic E-state index is 0.0421. The summed E-state index contributed by atoms with van der Waals surface area (Å²) in [5, 5.41) is -0.906. The van der Waals surface area contributed by atoms with Gasteiger partial charge in [-0.25, -0.2) is 13.2 Å². The molecular weight excluding hydrogens is 302 g/mol. The van der Waals surface area contributed by atoms with Crippen molar-refractivity contribution in [2.45, 2.75) is 43.9 Å². The standard InChI is InChI=1S/C16H23NO4S/c1-4-11-7-9-12(10-8-11)13-14(22(19,20)6-3)16(13,17)15(18)21-5-2/h7-10,13-14H,4-6,17H2,1-3H3/t13-,14+,16-/m0/s1. The predicted octanol–water partition coefficient (Wildman–Crippen LogP) is 1.41. The topological polar surface area (TPSA) is 86.5 Å². The van der Waals surface area contributed by atoms with Gasteiger partial charge >= 0.3 is 5.97 Å². The fourth-order valence-corrected chi connectivity index (χ4v) is 4.88. The van der Waals surface area contributed by atoms with Crippen molar-refractivity contribution < 1.29 is 17.9 Å². The number of carbonyl (C=O) groups excluding carboxylic acids is 1. The Bertz CT molecular complexity index is 653. The van der Waals surface area contributed by atoms with E-state index in [1.54, 1.807) is 13.8 Å². The number of aryl methyl sites for hydroxylation is 1. The summed E-state index contributed by atoms with van der Waals surface area (Å²) in [4.78, 5) is 12.2.